The summed E-state index contributed by atoms with van der Waals surface area (Å²) in [5.41, 5.74) is 1.30. The molecular formula is C20H30N2O6. The highest BCUT2D eigenvalue weighted by Crippen LogP contribution is 2.15. The number of amides is 1. The quantitative estimate of drug-likeness (QED) is 0.710. The van der Waals surface area contributed by atoms with Gasteiger partial charge in [-0.05, 0) is 30.5 Å². The monoisotopic (exact) mass is 394 g/mol. The van der Waals surface area contributed by atoms with Crippen molar-refractivity contribution < 1.29 is 29.3 Å². The highest BCUT2D eigenvalue weighted by molar-refractivity contribution is 6.27. The molecule has 1 aromatic rings. The van der Waals surface area contributed by atoms with Gasteiger partial charge in [-0.2, -0.15) is 0 Å². The van der Waals surface area contributed by atoms with Crippen LogP contribution >= 0.6 is 0 Å². The summed E-state index contributed by atoms with van der Waals surface area (Å²) in [6.07, 6.45) is 0.666. The first-order chi connectivity index (χ1) is 13.2. The molecule has 2 N–H and O–H groups in total. The molecule has 0 spiro atoms. The number of hydrogen-bond donors (Lipinski definition) is 2. The van der Waals surface area contributed by atoms with E-state index in [1.807, 2.05) is 24.0 Å². The minimum atomic E-state index is -1.82. The number of carboxylic acids is 2. The lowest BCUT2D eigenvalue weighted by Gasteiger charge is -2.35. The van der Waals surface area contributed by atoms with Crippen LogP contribution in [0.4, 0.5) is 0 Å². The maximum Gasteiger partial charge on any atom is 0.414 e. The van der Waals surface area contributed by atoms with Crippen LogP contribution < -0.4 is 4.74 Å². The zero-order chi connectivity index (χ0) is 21.1. The van der Waals surface area contributed by atoms with Crippen LogP contribution in [0.3, 0.4) is 0 Å². The number of ether oxygens (including phenoxy) is 1. The number of benzene rings is 1. The summed E-state index contributed by atoms with van der Waals surface area (Å²) in [5.74, 6) is -1.98. The van der Waals surface area contributed by atoms with Gasteiger partial charge in [-0.1, -0.05) is 26.0 Å². The van der Waals surface area contributed by atoms with E-state index in [1.54, 1.807) is 0 Å². The highest BCUT2D eigenvalue weighted by Gasteiger charge is 2.21. The Bertz CT molecular complexity index is 625. The Kier molecular flexibility index (Phi) is 10.0. The smallest absolute Gasteiger partial charge is 0.414 e. The maximum absolute atomic E-state index is 12.1. The normalized spacial score (nSPS) is 14.2. The molecule has 1 aliphatic rings. The van der Waals surface area contributed by atoms with Gasteiger partial charge in [0.1, 0.15) is 5.75 Å². The van der Waals surface area contributed by atoms with Crippen LogP contribution in [-0.2, 0) is 20.9 Å². The molecule has 0 saturated carbocycles. The fourth-order valence-corrected chi connectivity index (χ4v) is 2.75. The van der Waals surface area contributed by atoms with E-state index in [0.29, 0.717) is 24.9 Å². The van der Waals surface area contributed by atoms with Crippen molar-refractivity contribution in [2.24, 2.45) is 5.92 Å². The van der Waals surface area contributed by atoms with Gasteiger partial charge in [0.05, 0.1) is 6.61 Å². The molecule has 8 heteroatoms. The Morgan fingerprint density at radius 3 is 1.96 bits per heavy atom. The van der Waals surface area contributed by atoms with Crippen molar-refractivity contribution in [3.63, 3.8) is 0 Å². The minimum absolute atomic E-state index is 0.302. The second kappa shape index (κ2) is 12.0. The number of piperazine rings is 1. The number of hydrogen-bond acceptors (Lipinski definition) is 5. The van der Waals surface area contributed by atoms with Crippen molar-refractivity contribution in [2.45, 2.75) is 33.7 Å². The first-order valence-electron chi connectivity index (χ1n) is 9.41. The van der Waals surface area contributed by atoms with Gasteiger partial charge in [-0.3, -0.25) is 9.69 Å². The largest absolute Gasteiger partial charge is 0.494 e. The van der Waals surface area contributed by atoms with Gasteiger partial charge in [0, 0.05) is 39.1 Å². The number of nitrogens with zero attached hydrogens (tertiary/aromatic N) is 2. The summed E-state index contributed by atoms with van der Waals surface area (Å²) in [4.78, 5) is 34.7. The number of carboxylic acid groups (broad SMARTS) is 2. The third-order valence-corrected chi connectivity index (χ3v) is 4.13. The lowest BCUT2D eigenvalue weighted by Crippen LogP contribution is -2.48. The van der Waals surface area contributed by atoms with Crippen molar-refractivity contribution in [3.8, 4) is 5.75 Å². The van der Waals surface area contributed by atoms with Crippen LogP contribution in [0.2, 0.25) is 0 Å². The van der Waals surface area contributed by atoms with E-state index in [4.69, 9.17) is 24.5 Å². The summed E-state index contributed by atoms with van der Waals surface area (Å²) >= 11 is 0. The summed E-state index contributed by atoms with van der Waals surface area (Å²) < 4.78 is 5.47. The van der Waals surface area contributed by atoms with Crippen molar-refractivity contribution in [1.29, 1.82) is 0 Å². The highest BCUT2D eigenvalue weighted by atomic mass is 16.5. The van der Waals surface area contributed by atoms with Crippen LogP contribution in [0.25, 0.3) is 0 Å². The zero-order valence-electron chi connectivity index (χ0n) is 16.8. The second-order valence-electron chi connectivity index (χ2n) is 6.94. The van der Waals surface area contributed by atoms with Crippen molar-refractivity contribution in [1.82, 2.24) is 9.80 Å². The van der Waals surface area contributed by atoms with Crippen LogP contribution in [0.5, 0.6) is 5.75 Å². The first kappa shape index (κ1) is 23.4. The lowest BCUT2D eigenvalue weighted by atomic mass is 10.1. The zero-order valence-corrected chi connectivity index (χ0v) is 16.8. The Morgan fingerprint density at radius 1 is 1.00 bits per heavy atom. The topological polar surface area (TPSA) is 107 Å². The first-order valence-corrected chi connectivity index (χ1v) is 9.41. The summed E-state index contributed by atoms with van der Waals surface area (Å²) in [6, 6.07) is 8.31. The van der Waals surface area contributed by atoms with Gasteiger partial charge < -0.3 is 19.8 Å². The van der Waals surface area contributed by atoms with E-state index >= 15 is 0 Å². The van der Waals surface area contributed by atoms with Gasteiger partial charge in [-0.25, -0.2) is 9.59 Å². The van der Waals surface area contributed by atoms with E-state index in [-0.39, 0.29) is 0 Å². The lowest BCUT2D eigenvalue weighted by molar-refractivity contribution is -0.159. The molecule has 1 heterocycles. The van der Waals surface area contributed by atoms with Crippen molar-refractivity contribution >= 4 is 17.8 Å². The molecule has 0 aliphatic carbocycles. The summed E-state index contributed by atoms with van der Waals surface area (Å²) in [7, 11) is 0. The Balaban J connectivity index is 0.000000568. The number of rotatable bonds is 6. The maximum atomic E-state index is 12.1. The fraction of sp³-hybridized carbons (Fsp3) is 0.550. The molecule has 0 atom stereocenters. The van der Waals surface area contributed by atoms with Crippen LogP contribution in [0.15, 0.2) is 24.3 Å². The molecule has 1 saturated heterocycles. The van der Waals surface area contributed by atoms with Crippen LogP contribution in [-0.4, -0.2) is 70.6 Å². The van der Waals surface area contributed by atoms with E-state index in [2.05, 4.69) is 30.9 Å². The van der Waals surface area contributed by atoms with Crippen molar-refractivity contribution in [3.05, 3.63) is 29.8 Å². The third-order valence-electron chi connectivity index (χ3n) is 4.13. The predicted molar refractivity (Wildman–Crippen MR) is 104 cm³/mol. The third kappa shape index (κ3) is 8.85. The average Bonchev–Trinajstić information content (AvgIpc) is 2.64. The number of carbonyl (C=O) groups excluding carboxylic acids is 1. The number of aliphatic carboxylic acids is 2. The fourth-order valence-electron chi connectivity index (χ4n) is 2.75. The predicted octanol–water partition coefficient (Wildman–Crippen LogP) is 1.93. The molecule has 1 amide bonds. The standard InChI is InChI=1S/C18H28N2O2.C2H2O4/c1-4-22-17-7-5-16(6-8-17)14-19-9-11-20(12-10-19)18(21)13-15(2)3;3-1(4)2(5)6/h5-8,15H,4,9-14H2,1-3H3;(H,3,4)(H,5,6). The van der Waals surface area contributed by atoms with Gasteiger partial charge in [0.25, 0.3) is 0 Å². The van der Waals surface area contributed by atoms with Gasteiger partial charge in [-0.15, -0.1) is 0 Å². The summed E-state index contributed by atoms with van der Waals surface area (Å²) in [6.45, 7) is 11.4. The summed E-state index contributed by atoms with van der Waals surface area (Å²) in [5, 5.41) is 14.8. The van der Waals surface area contributed by atoms with E-state index in [0.717, 1.165) is 38.5 Å². The van der Waals surface area contributed by atoms with Gasteiger partial charge >= 0.3 is 11.9 Å². The minimum Gasteiger partial charge on any atom is -0.494 e. The average molecular weight is 394 g/mol. The number of carbonyl (C=O) groups is 3. The van der Waals surface area contributed by atoms with Crippen LogP contribution in [0, 0.1) is 5.92 Å². The second-order valence-corrected chi connectivity index (χ2v) is 6.94. The van der Waals surface area contributed by atoms with Gasteiger partial charge in [0.2, 0.25) is 5.91 Å². The molecule has 0 aromatic heterocycles. The van der Waals surface area contributed by atoms with Crippen LogP contribution in [0.1, 0.15) is 32.8 Å². The Hall–Kier alpha value is -2.61. The van der Waals surface area contributed by atoms with E-state index in [9.17, 15) is 4.79 Å². The molecule has 0 unspecified atom stereocenters. The molecule has 1 fully saturated rings. The van der Waals surface area contributed by atoms with Crippen molar-refractivity contribution in [2.75, 3.05) is 32.8 Å². The molecular weight excluding hydrogens is 364 g/mol. The Morgan fingerprint density at radius 2 is 1.54 bits per heavy atom. The molecule has 28 heavy (non-hydrogen) atoms. The SMILES string of the molecule is CCOc1ccc(CN2CCN(C(=O)CC(C)C)CC2)cc1.O=C(O)C(=O)O. The molecule has 0 radical (unpaired) electrons. The molecule has 2 rings (SSSR count). The molecule has 1 aromatic carbocycles. The molecule has 1 aliphatic heterocycles. The van der Waals surface area contributed by atoms with E-state index in [1.165, 1.54) is 5.56 Å². The molecule has 156 valence electrons. The molecule has 8 nitrogen and oxygen atoms in total. The van der Waals surface area contributed by atoms with E-state index < -0.39 is 11.9 Å². The molecule has 0 bridgehead atoms. The Labute approximate surface area is 165 Å². The van der Waals surface area contributed by atoms with Gasteiger partial charge in [0.15, 0.2) is 0 Å².